The molecule has 0 radical (unpaired) electrons. The molecule has 0 spiro atoms. The van der Waals surface area contributed by atoms with Crippen LogP contribution < -0.4 is 10.9 Å². The summed E-state index contributed by atoms with van der Waals surface area (Å²) in [5.74, 6) is -1.03. The molecule has 0 saturated heterocycles. The molecule has 0 aliphatic heterocycles. The van der Waals surface area contributed by atoms with Gasteiger partial charge in [-0.15, -0.1) is 11.3 Å². The fourth-order valence-electron chi connectivity index (χ4n) is 2.26. The van der Waals surface area contributed by atoms with Gasteiger partial charge < -0.3 is 4.74 Å². The van der Waals surface area contributed by atoms with Gasteiger partial charge in [0.2, 0.25) is 0 Å². The van der Waals surface area contributed by atoms with Crippen LogP contribution in [0, 0.1) is 6.92 Å². The lowest BCUT2D eigenvalue weighted by atomic mass is 10.2. The first-order valence-electron chi connectivity index (χ1n) is 7.85. The summed E-state index contributed by atoms with van der Waals surface area (Å²) in [6.07, 6.45) is 1.36. The summed E-state index contributed by atoms with van der Waals surface area (Å²) in [4.78, 5) is 44.1. The van der Waals surface area contributed by atoms with Crippen LogP contribution in [0.25, 0.3) is 10.9 Å². The lowest BCUT2D eigenvalue weighted by Crippen LogP contribution is -2.24. The van der Waals surface area contributed by atoms with E-state index >= 15 is 0 Å². The van der Waals surface area contributed by atoms with Crippen molar-refractivity contribution < 1.29 is 14.3 Å². The Morgan fingerprint density at radius 2 is 2.12 bits per heavy atom. The highest BCUT2D eigenvalue weighted by Crippen LogP contribution is 2.14. The van der Waals surface area contributed by atoms with Crippen LogP contribution in [0.1, 0.15) is 12.1 Å². The van der Waals surface area contributed by atoms with E-state index < -0.39 is 18.5 Å². The topological polar surface area (TPSA) is 103 Å². The molecule has 0 atom stereocenters. The Balaban J connectivity index is 1.50. The largest absolute Gasteiger partial charge is 0.456 e. The molecule has 26 heavy (non-hydrogen) atoms. The molecule has 0 fully saturated rings. The standard InChI is InChI=1S/C17H16N4O4S/c1-11-9-26-17(19-11)20-14(22)8-25-15(23)6-7-21-10-18-13-5-3-2-4-12(13)16(21)24/h2-5,9-10H,6-8H2,1H3,(H,19,20,22). The molecule has 3 rings (SSSR count). The number of aryl methyl sites for hydroxylation is 2. The number of rotatable bonds is 6. The fourth-order valence-corrected chi connectivity index (χ4v) is 2.97. The Kier molecular flexibility index (Phi) is 5.37. The summed E-state index contributed by atoms with van der Waals surface area (Å²) in [5.41, 5.74) is 1.18. The Morgan fingerprint density at radius 1 is 1.31 bits per heavy atom. The van der Waals surface area contributed by atoms with Crippen molar-refractivity contribution in [3.05, 3.63) is 52.0 Å². The number of carbonyl (C=O) groups is 2. The molecule has 2 aromatic heterocycles. The van der Waals surface area contributed by atoms with Gasteiger partial charge in [0.15, 0.2) is 11.7 Å². The Hall–Kier alpha value is -3.07. The fraction of sp³-hybridized carbons (Fsp3) is 0.235. The van der Waals surface area contributed by atoms with Crippen molar-refractivity contribution in [2.45, 2.75) is 19.9 Å². The van der Waals surface area contributed by atoms with Crippen LogP contribution in [0.4, 0.5) is 5.13 Å². The van der Waals surface area contributed by atoms with E-state index in [4.69, 9.17) is 4.74 Å². The predicted octanol–water partition coefficient (Wildman–Crippen LogP) is 1.73. The van der Waals surface area contributed by atoms with Crippen molar-refractivity contribution in [2.24, 2.45) is 0 Å². The zero-order valence-electron chi connectivity index (χ0n) is 14.0. The van der Waals surface area contributed by atoms with Gasteiger partial charge in [-0.3, -0.25) is 24.3 Å². The smallest absolute Gasteiger partial charge is 0.308 e. The molecule has 1 N–H and O–H groups in total. The van der Waals surface area contributed by atoms with Gasteiger partial charge in [0.05, 0.1) is 29.3 Å². The van der Waals surface area contributed by atoms with Crippen molar-refractivity contribution >= 4 is 39.2 Å². The Morgan fingerprint density at radius 3 is 2.88 bits per heavy atom. The molecule has 134 valence electrons. The van der Waals surface area contributed by atoms with Crippen molar-refractivity contribution in [1.82, 2.24) is 14.5 Å². The lowest BCUT2D eigenvalue weighted by molar-refractivity contribution is -0.147. The summed E-state index contributed by atoms with van der Waals surface area (Å²) < 4.78 is 6.27. The van der Waals surface area contributed by atoms with E-state index in [1.54, 1.807) is 29.6 Å². The van der Waals surface area contributed by atoms with E-state index in [-0.39, 0.29) is 18.5 Å². The maximum Gasteiger partial charge on any atom is 0.308 e. The Labute approximate surface area is 152 Å². The summed E-state index contributed by atoms with van der Waals surface area (Å²) in [7, 11) is 0. The number of thiazole rings is 1. The van der Waals surface area contributed by atoms with Crippen LogP contribution >= 0.6 is 11.3 Å². The lowest BCUT2D eigenvalue weighted by Gasteiger charge is -2.07. The summed E-state index contributed by atoms with van der Waals surface area (Å²) in [6.45, 7) is 1.54. The molecule has 1 amide bonds. The first-order valence-corrected chi connectivity index (χ1v) is 8.72. The minimum atomic E-state index is -0.574. The maximum atomic E-state index is 12.3. The predicted molar refractivity (Wildman–Crippen MR) is 97.1 cm³/mol. The molecule has 9 heteroatoms. The number of nitrogens with one attached hydrogen (secondary N) is 1. The molecule has 0 aliphatic carbocycles. The van der Waals surface area contributed by atoms with Crippen LogP contribution in [-0.4, -0.2) is 33.0 Å². The van der Waals surface area contributed by atoms with E-state index in [1.165, 1.54) is 22.2 Å². The number of fused-ring (bicyclic) bond motifs is 1. The van der Waals surface area contributed by atoms with E-state index in [1.807, 2.05) is 6.92 Å². The van der Waals surface area contributed by atoms with Gasteiger partial charge in [-0.2, -0.15) is 0 Å². The quantitative estimate of drug-likeness (QED) is 0.661. The first kappa shape index (κ1) is 17.7. The maximum absolute atomic E-state index is 12.3. The normalized spacial score (nSPS) is 10.7. The summed E-state index contributed by atoms with van der Waals surface area (Å²) in [5, 5.41) is 5.29. The number of hydrogen-bond donors (Lipinski definition) is 1. The number of para-hydroxylation sites is 1. The molecule has 0 saturated carbocycles. The molecular weight excluding hydrogens is 356 g/mol. The van der Waals surface area contributed by atoms with Gasteiger partial charge in [0.1, 0.15) is 0 Å². The first-order chi connectivity index (χ1) is 12.5. The van der Waals surface area contributed by atoms with Crippen molar-refractivity contribution in [3.8, 4) is 0 Å². The summed E-state index contributed by atoms with van der Waals surface area (Å²) >= 11 is 1.29. The molecule has 3 aromatic rings. The van der Waals surface area contributed by atoms with Gasteiger partial charge in [0.25, 0.3) is 11.5 Å². The highest BCUT2D eigenvalue weighted by atomic mass is 32.1. The van der Waals surface area contributed by atoms with Crippen molar-refractivity contribution in [3.63, 3.8) is 0 Å². The van der Waals surface area contributed by atoms with Crippen LogP contribution in [0.3, 0.4) is 0 Å². The third-order valence-corrected chi connectivity index (χ3v) is 4.39. The Bertz CT molecular complexity index is 1010. The van der Waals surface area contributed by atoms with Gasteiger partial charge in [0, 0.05) is 11.9 Å². The number of esters is 1. The minimum absolute atomic E-state index is 0.0381. The SMILES string of the molecule is Cc1csc(NC(=O)COC(=O)CCn2cnc3ccccc3c2=O)n1. The van der Waals surface area contributed by atoms with Gasteiger partial charge in [-0.25, -0.2) is 9.97 Å². The highest BCUT2D eigenvalue weighted by molar-refractivity contribution is 7.13. The van der Waals surface area contributed by atoms with Crippen LogP contribution in [0.5, 0.6) is 0 Å². The molecule has 0 aliphatic rings. The average Bonchev–Trinajstić information content (AvgIpc) is 3.04. The van der Waals surface area contributed by atoms with Crippen molar-refractivity contribution in [2.75, 3.05) is 11.9 Å². The molecule has 1 aromatic carbocycles. The second-order valence-electron chi connectivity index (χ2n) is 5.51. The van der Waals surface area contributed by atoms with Crippen LogP contribution in [0.2, 0.25) is 0 Å². The molecule has 0 bridgehead atoms. The zero-order chi connectivity index (χ0) is 18.5. The van der Waals surface area contributed by atoms with Crippen LogP contribution in [-0.2, 0) is 20.9 Å². The number of carbonyl (C=O) groups excluding carboxylic acids is 2. The number of ether oxygens (including phenoxy) is 1. The highest BCUT2D eigenvalue weighted by Gasteiger charge is 2.11. The van der Waals surface area contributed by atoms with E-state index in [2.05, 4.69) is 15.3 Å². The molecular formula is C17H16N4O4S. The number of aromatic nitrogens is 3. The van der Waals surface area contributed by atoms with Gasteiger partial charge in [-0.05, 0) is 19.1 Å². The minimum Gasteiger partial charge on any atom is -0.456 e. The van der Waals surface area contributed by atoms with Gasteiger partial charge >= 0.3 is 5.97 Å². The van der Waals surface area contributed by atoms with E-state index in [0.29, 0.717) is 16.0 Å². The number of hydrogen-bond acceptors (Lipinski definition) is 7. The van der Waals surface area contributed by atoms with E-state index in [9.17, 15) is 14.4 Å². The molecule has 8 nitrogen and oxygen atoms in total. The number of anilines is 1. The molecule has 2 heterocycles. The third kappa shape index (κ3) is 4.31. The monoisotopic (exact) mass is 372 g/mol. The second kappa shape index (κ2) is 7.87. The van der Waals surface area contributed by atoms with Crippen LogP contribution in [0.15, 0.2) is 40.8 Å². The van der Waals surface area contributed by atoms with Gasteiger partial charge in [-0.1, -0.05) is 12.1 Å². The number of amides is 1. The number of nitrogens with zero attached hydrogens (tertiary/aromatic N) is 3. The second-order valence-corrected chi connectivity index (χ2v) is 6.37. The third-order valence-electron chi connectivity index (χ3n) is 3.52. The molecule has 0 unspecified atom stereocenters. The summed E-state index contributed by atoms with van der Waals surface area (Å²) in [6, 6.07) is 6.99. The van der Waals surface area contributed by atoms with Crippen molar-refractivity contribution in [1.29, 1.82) is 0 Å². The zero-order valence-corrected chi connectivity index (χ0v) is 14.8. The van der Waals surface area contributed by atoms with E-state index in [0.717, 1.165) is 5.69 Å². The average molecular weight is 372 g/mol. The number of benzene rings is 1.